The fourth-order valence-corrected chi connectivity index (χ4v) is 7.80. The minimum Gasteiger partial charge on any atom is -0.494 e. The zero-order chi connectivity index (χ0) is 36.5. The number of para-hydroxylation sites is 1. The van der Waals surface area contributed by atoms with Gasteiger partial charge in [-0.25, -0.2) is 9.78 Å². The number of nitrogens with zero attached hydrogens (tertiary/aromatic N) is 6. The van der Waals surface area contributed by atoms with E-state index in [-0.39, 0.29) is 35.7 Å². The Hall–Kier alpha value is -5.51. The summed E-state index contributed by atoms with van der Waals surface area (Å²) >= 11 is 0. The maximum Gasteiger partial charge on any atom is 0.433 e. The van der Waals surface area contributed by atoms with E-state index >= 15 is 0 Å². The highest BCUT2D eigenvalue weighted by molar-refractivity contribution is 6.05. The van der Waals surface area contributed by atoms with Gasteiger partial charge in [0.15, 0.2) is 0 Å². The number of pyridine rings is 1. The predicted octanol–water partition coefficient (Wildman–Crippen LogP) is 4.39. The van der Waals surface area contributed by atoms with Crippen molar-refractivity contribution in [2.75, 3.05) is 32.1 Å². The van der Waals surface area contributed by atoms with Crippen LogP contribution in [0.3, 0.4) is 0 Å². The lowest BCUT2D eigenvalue weighted by atomic mass is 9.78. The second kappa shape index (κ2) is 12.6. The van der Waals surface area contributed by atoms with Crippen molar-refractivity contribution in [1.82, 2.24) is 34.1 Å². The van der Waals surface area contributed by atoms with Gasteiger partial charge in [-0.3, -0.25) is 33.5 Å². The number of hydrogen-bond acceptors (Lipinski definition) is 8. The molecule has 1 aliphatic carbocycles. The molecule has 2 N–H and O–H groups in total. The lowest BCUT2D eigenvalue weighted by molar-refractivity contribution is -0.141. The summed E-state index contributed by atoms with van der Waals surface area (Å²) in [7, 11) is 3.16. The number of imide groups is 1. The molecule has 13 nitrogen and oxygen atoms in total. The summed E-state index contributed by atoms with van der Waals surface area (Å²) in [4.78, 5) is 56.4. The molecule has 3 aliphatic rings. The van der Waals surface area contributed by atoms with Gasteiger partial charge < -0.3 is 15.0 Å². The van der Waals surface area contributed by atoms with Crippen LogP contribution < -0.4 is 21.1 Å². The number of anilines is 1. The van der Waals surface area contributed by atoms with Crippen molar-refractivity contribution in [2.45, 2.75) is 49.9 Å². The normalized spacial score (nSPS) is 21.2. The summed E-state index contributed by atoms with van der Waals surface area (Å²) in [5.41, 5.74) is 1.76. The SMILES string of the molecule is COc1cc2nn(C3CC(CN4CC(c5cccc6c5n(C)c(=O)n6C5CCC(=O)NC5=O)C4)C3)cc2cc1NC(=O)c1cccc(C(F)(F)F)n1. The number of carbonyl (C=O) groups excluding carboxylic acids is 3. The van der Waals surface area contributed by atoms with E-state index in [0.717, 1.165) is 61.1 Å². The summed E-state index contributed by atoms with van der Waals surface area (Å²) < 4.78 is 49.9. The van der Waals surface area contributed by atoms with E-state index in [1.165, 1.54) is 17.7 Å². The Morgan fingerprint density at radius 3 is 2.58 bits per heavy atom. The molecule has 2 saturated heterocycles. The van der Waals surface area contributed by atoms with Crippen LogP contribution in [0.5, 0.6) is 5.75 Å². The van der Waals surface area contributed by atoms with Gasteiger partial charge in [0.25, 0.3) is 5.91 Å². The molecule has 1 atom stereocenters. The first-order chi connectivity index (χ1) is 24.9. The van der Waals surface area contributed by atoms with Crippen molar-refractivity contribution in [3.8, 4) is 5.75 Å². The molecule has 270 valence electrons. The van der Waals surface area contributed by atoms with Crippen LogP contribution in [0, 0.1) is 5.92 Å². The fraction of sp³-hybridized carbons (Fsp3) is 0.389. The van der Waals surface area contributed by atoms with Gasteiger partial charge in [0.2, 0.25) is 11.8 Å². The standard InChI is InChI=1S/C36H35F3N8O5/c1-44-32-23(5-3-7-27(32)47(35(44)51)28-9-10-31(48)42-34(28)50)21-16-45(17-21)15-19-11-22(12-19)46-18-20-13-26(29(52-2)14-25(20)43-46)41-33(49)24-6-4-8-30(40-24)36(37,38)39/h3-8,13-14,18-19,21-22,28H,9-12,15-17H2,1-2H3,(H,41,49)(H,42,48,50). The first-order valence-corrected chi connectivity index (χ1v) is 17.1. The first kappa shape index (κ1) is 33.6. The predicted molar refractivity (Wildman–Crippen MR) is 183 cm³/mol. The number of rotatable bonds is 8. The zero-order valence-electron chi connectivity index (χ0n) is 28.3. The molecule has 3 fully saturated rings. The molecule has 3 aromatic heterocycles. The average molecular weight is 717 g/mol. The van der Waals surface area contributed by atoms with Crippen LogP contribution in [-0.4, -0.2) is 73.3 Å². The van der Waals surface area contributed by atoms with Crippen molar-refractivity contribution in [2.24, 2.45) is 13.0 Å². The molecular formula is C36H35F3N8O5. The van der Waals surface area contributed by atoms with Gasteiger partial charge in [0.05, 0.1) is 35.4 Å². The second-order valence-corrected chi connectivity index (χ2v) is 13.9. The monoisotopic (exact) mass is 716 g/mol. The van der Waals surface area contributed by atoms with Crippen molar-refractivity contribution in [3.05, 3.63) is 82.2 Å². The zero-order valence-corrected chi connectivity index (χ0v) is 28.3. The highest BCUT2D eigenvalue weighted by atomic mass is 19.4. The van der Waals surface area contributed by atoms with Crippen LogP contribution in [-0.2, 0) is 22.8 Å². The summed E-state index contributed by atoms with van der Waals surface area (Å²) in [5.74, 6) is -0.517. The van der Waals surface area contributed by atoms with Crippen LogP contribution in [0.25, 0.3) is 21.9 Å². The van der Waals surface area contributed by atoms with Gasteiger partial charge in [0, 0.05) is 56.7 Å². The van der Waals surface area contributed by atoms with Crippen LogP contribution in [0.2, 0.25) is 0 Å². The third-order valence-electron chi connectivity index (χ3n) is 10.5. The van der Waals surface area contributed by atoms with E-state index in [4.69, 9.17) is 9.84 Å². The molecular weight excluding hydrogens is 681 g/mol. The molecule has 52 heavy (non-hydrogen) atoms. The minimum absolute atomic E-state index is 0.192. The Morgan fingerprint density at radius 1 is 1.08 bits per heavy atom. The Labute approximate surface area is 294 Å². The topological polar surface area (TPSA) is 145 Å². The molecule has 3 amide bonds. The number of ether oxygens (including phenoxy) is 1. The fourth-order valence-electron chi connectivity index (χ4n) is 7.80. The second-order valence-electron chi connectivity index (χ2n) is 13.9. The number of hydrogen-bond donors (Lipinski definition) is 2. The number of methoxy groups -OCH3 is 1. The van der Waals surface area contributed by atoms with Crippen LogP contribution in [0.15, 0.2) is 59.5 Å². The van der Waals surface area contributed by atoms with Crippen molar-refractivity contribution < 1.29 is 32.3 Å². The van der Waals surface area contributed by atoms with E-state index in [1.54, 1.807) is 23.7 Å². The number of imidazole rings is 1. The molecule has 5 heterocycles. The van der Waals surface area contributed by atoms with E-state index in [1.807, 2.05) is 23.0 Å². The highest BCUT2D eigenvalue weighted by Gasteiger charge is 2.38. The molecule has 1 saturated carbocycles. The number of halogens is 3. The maximum atomic E-state index is 13.3. The number of aromatic nitrogens is 5. The Morgan fingerprint density at radius 2 is 1.85 bits per heavy atom. The number of amides is 3. The van der Waals surface area contributed by atoms with Gasteiger partial charge in [0.1, 0.15) is 23.2 Å². The van der Waals surface area contributed by atoms with E-state index in [2.05, 4.69) is 26.6 Å². The lowest BCUT2D eigenvalue weighted by Crippen LogP contribution is -2.49. The number of fused-ring (bicyclic) bond motifs is 2. The third kappa shape index (κ3) is 5.89. The Balaban J connectivity index is 0.899. The number of likely N-dealkylation sites (tertiary alicyclic amines) is 1. The number of nitrogens with one attached hydrogen (secondary N) is 2. The molecule has 5 aromatic rings. The summed E-state index contributed by atoms with van der Waals surface area (Å²) in [5, 5.41) is 10.5. The number of alkyl halides is 3. The molecule has 2 aliphatic heterocycles. The first-order valence-electron chi connectivity index (χ1n) is 17.1. The third-order valence-corrected chi connectivity index (χ3v) is 10.5. The van der Waals surface area contributed by atoms with E-state index < -0.39 is 29.7 Å². The number of carbonyl (C=O) groups is 3. The number of aryl methyl sites for hydroxylation is 1. The van der Waals surface area contributed by atoms with Gasteiger partial charge in [-0.2, -0.15) is 18.3 Å². The average Bonchev–Trinajstić information content (AvgIpc) is 3.59. The largest absolute Gasteiger partial charge is 0.494 e. The maximum absolute atomic E-state index is 13.3. The summed E-state index contributed by atoms with van der Waals surface area (Å²) in [6.45, 7) is 2.65. The van der Waals surface area contributed by atoms with Gasteiger partial charge >= 0.3 is 11.9 Å². The summed E-state index contributed by atoms with van der Waals surface area (Å²) in [6, 6.07) is 11.8. The summed E-state index contributed by atoms with van der Waals surface area (Å²) in [6.07, 6.45) is -0.407. The molecule has 8 rings (SSSR count). The molecule has 16 heteroatoms. The molecule has 0 bridgehead atoms. The van der Waals surface area contributed by atoms with Crippen molar-refractivity contribution in [1.29, 1.82) is 0 Å². The van der Waals surface area contributed by atoms with E-state index in [0.29, 0.717) is 34.8 Å². The molecule has 0 spiro atoms. The quantitative estimate of drug-likeness (QED) is 0.225. The molecule has 0 radical (unpaired) electrons. The van der Waals surface area contributed by atoms with Gasteiger partial charge in [-0.1, -0.05) is 18.2 Å². The molecule has 1 unspecified atom stereocenters. The molecule has 2 aromatic carbocycles. The van der Waals surface area contributed by atoms with Gasteiger partial charge in [-0.05, 0) is 55.0 Å². The Bertz CT molecular complexity index is 2320. The van der Waals surface area contributed by atoms with Crippen LogP contribution >= 0.6 is 0 Å². The van der Waals surface area contributed by atoms with E-state index in [9.17, 15) is 32.3 Å². The Kier molecular flexibility index (Phi) is 8.16. The lowest BCUT2D eigenvalue weighted by Gasteiger charge is -2.45. The smallest absolute Gasteiger partial charge is 0.433 e. The van der Waals surface area contributed by atoms with Crippen molar-refractivity contribution in [3.63, 3.8) is 0 Å². The van der Waals surface area contributed by atoms with Crippen LogP contribution in [0.4, 0.5) is 18.9 Å². The minimum atomic E-state index is -4.67. The van der Waals surface area contributed by atoms with Crippen molar-refractivity contribution >= 4 is 45.3 Å². The number of benzene rings is 2. The number of piperidine rings is 1. The highest BCUT2D eigenvalue weighted by Crippen LogP contribution is 2.42. The van der Waals surface area contributed by atoms with Gasteiger partial charge in [-0.15, -0.1) is 0 Å². The van der Waals surface area contributed by atoms with Crippen LogP contribution in [0.1, 0.15) is 65.4 Å².